The van der Waals surface area contributed by atoms with E-state index in [1.807, 2.05) is 0 Å². The van der Waals surface area contributed by atoms with Gasteiger partial charge in [0.1, 0.15) is 5.75 Å². The van der Waals surface area contributed by atoms with Crippen molar-refractivity contribution in [1.29, 1.82) is 0 Å². The molecule has 0 fully saturated rings. The third-order valence-electron chi connectivity index (χ3n) is 3.16. The Morgan fingerprint density at radius 3 is 2.25 bits per heavy atom. The molecule has 0 saturated carbocycles. The van der Waals surface area contributed by atoms with E-state index in [0.29, 0.717) is 22.9 Å². The number of amides is 1. The summed E-state index contributed by atoms with van der Waals surface area (Å²) in [6, 6.07) is 14.2. The van der Waals surface area contributed by atoms with Crippen LogP contribution in [-0.4, -0.2) is 24.7 Å². The van der Waals surface area contributed by atoms with E-state index in [0.717, 1.165) is 11.4 Å². The van der Waals surface area contributed by atoms with Gasteiger partial charge in [0.2, 0.25) is 0 Å². The molecule has 0 atom stereocenters. The molecule has 2 rings (SSSR count). The first-order valence-electron chi connectivity index (χ1n) is 7.33. The lowest BCUT2D eigenvalue weighted by molar-refractivity contribution is 0.102. The van der Waals surface area contributed by atoms with Gasteiger partial charge in [-0.1, -0.05) is 6.08 Å². The van der Waals surface area contributed by atoms with Gasteiger partial charge in [0, 0.05) is 23.5 Å². The fourth-order valence-electron chi connectivity index (χ4n) is 1.92. The average Bonchev–Trinajstić information content (AvgIpc) is 2.61. The normalized spacial score (nSPS) is 9.71. The first-order valence-corrected chi connectivity index (χ1v) is 7.74. The second-order valence-corrected chi connectivity index (χ2v) is 5.29. The highest BCUT2D eigenvalue weighted by Gasteiger charge is 2.06. The van der Waals surface area contributed by atoms with Gasteiger partial charge in [0.15, 0.2) is 5.11 Å². The van der Waals surface area contributed by atoms with Gasteiger partial charge < -0.3 is 20.7 Å². The van der Waals surface area contributed by atoms with E-state index in [-0.39, 0.29) is 5.91 Å². The monoisotopic (exact) mass is 341 g/mol. The molecule has 0 saturated heterocycles. The molecule has 24 heavy (non-hydrogen) atoms. The summed E-state index contributed by atoms with van der Waals surface area (Å²) in [7, 11) is 1.60. The second-order valence-electron chi connectivity index (χ2n) is 4.88. The summed E-state index contributed by atoms with van der Waals surface area (Å²) in [5, 5.41) is 9.34. The highest BCUT2D eigenvalue weighted by molar-refractivity contribution is 7.80. The summed E-state index contributed by atoms with van der Waals surface area (Å²) in [5.74, 6) is 0.559. The van der Waals surface area contributed by atoms with Crippen LogP contribution in [-0.2, 0) is 0 Å². The van der Waals surface area contributed by atoms with Crippen LogP contribution in [0.2, 0.25) is 0 Å². The van der Waals surface area contributed by atoms with Gasteiger partial charge in [-0.15, -0.1) is 6.58 Å². The van der Waals surface area contributed by atoms with Crippen molar-refractivity contribution in [2.45, 2.75) is 0 Å². The number of methoxy groups -OCH3 is 1. The SMILES string of the molecule is C=CCNC(=S)Nc1ccc(C(=O)Nc2ccc(OC)cc2)cc1. The lowest BCUT2D eigenvalue weighted by atomic mass is 10.2. The van der Waals surface area contributed by atoms with E-state index in [1.54, 1.807) is 61.7 Å². The van der Waals surface area contributed by atoms with Crippen LogP contribution < -0.4 is 20.7 Å². The summed E-state index contributed by atoms with van der Waals surface area (Å²) in [5.41, 5.74) is 2.07. The van der Waals surface area contributed by atoms with E-state index >= 15 is 0 Å². The molecule has 0 radical (unpaired) electrons. The number of rotatable bonds is 6. The Hall–Kier alpha value is -2.86. The van der Waals surface area contributed by atoms with Crippen LogP contribution in [0.5, 0.6) is 5.75 Å². The van der Waals surface area contributed by atoms with Gasteiger partial charge in [-0.2, -0.15) is 0 Å². The zero-order valence-corrected chi connectivity index (χ0v) is 14.2. The van der Waals surface area contributed by atoms with E-state index in [9.17, 15) is 4.79 Å². The molecule has 6 heteroatoms. The summed E-state index contributed by atoms with van der Waals surface area (Å²) in [4.78, 5) is 12.2. The largest absolute Gasteiger partial charge is 0.497 e. The zero-order valence-electron chi connectivity index (χ0n) is 13.3. The maximum Gasteiger partial charge on any atom is 0.255 e. The van der Waals surface area contributed by atoms with Gasteiger partial charge in [-0.05, 0) is 60.7 Å². The number of nitrogens with one attached hydrogen (secondary N) is 3. The van der Waals surface area contributed by atoms with E-state index < -0.39 is 0 Å². The summed E-state index contributed by atoms with van der Waals surface area (Å²) >= 11 is 5.13. The van der Waals surface area contributed by atoms with Crippen molar-refractivity contribution in [3.8, 4) is 5.75 Å². The molecule has 0 unspecified atom stereocenters. The quantitative estimate of drug-likeness (QED) is 0.555. The molecule has 0 heterocycles. The van der Waals surface area contributed by atoms with Crippen LogP contribution in [0.15, 0.2) is 61.2 Å². The lowest BCUT2D eigenvalue weighted by Gasteiger charge is -2.10. The Morgan fingerprint density at radius 1 is 1.08 bits per heavy atom. The van der Waals surface area contributed by atoms with Crippen molar-refractivity contribution in [3.63, 3.8) is 0 Å². The molecule has 2 aromatic carbocycles. The van der Waals surface area contributed by atoms with E-state index in [2.05, 4.69) is 22.5 Å². The number of carbonyl (C=O) groups excluding carboxylic acids is 1. The molecule has 3 N–H and O–H groups in total. The van der Waals surface area contributed by atoms with Gasteiger partial charge in [-0.3, -0.25) is 4.79 Å². The number of thiocarbonyl (C=S) groups is 1. The Morgan fingerprint density at radius 2 is 1.67 bits per heavy atom. The average molecular weight is 341 g/mol. The molecule has 0 bridgehead atoms. The maximum absolute atomic E-state index is 12.2. The third-order valence-corrected chi connectivity index (χ3v) is 3.41. The molecule has 0 aliphatic heterocycles. The highest BCUT2D eigenvalue weighted by Crippen LogP contribution is 2.16. The van der Waals surface area contributed by atoms with Crippen LogP contribution in [0.4, 0.5) is 11.4 Å². The van der Waals surface area contributed by atoms with Crippen LogP contribution in [0.25, 0.3) is 0 Å². The first kappa shape index (κ1) is 17.5. The van der Waals surface area contributed by atoms with Gasteiger partial charge >= 0.3 is 0 Å². The molecule has 0 aliphatic carbocycles. The predicted octanol–water partition coefficient (Wildman–Crippen LogP) is 3.42. The fraction of sp³-hybridized carbons (Fsp3) is 0.111. The Kier molecular flexibility index (Phi) is 6.33. The molecule has 0 aliphatic rings. The standard InChI is InChI=1S/C18H19N3O2S/c1-3-12-19-18(24)21-15-6-4-13(5-7-15)17(22)20-14-8-10-16(23-2)11-9-14/h3-11H,1,12H2,2H3,(H,20,22)(H2,19,21,24). The molecule has 1 amide bonds. The third kappa shape index (κ3) is 5.10. The number of benzene rings is 2. The van der Waals surface area contributed by atoms with Crippen LogP contribution >= 0.6 is 12.2 Å². The minimum Gasteiger partial charge on any atom is -0.497 e. The molecule has 2 aromatic rings. The molecule has 124 valence electrons. The van der Waals surface area contributed by atoms with Crippen LogP contribution in [0, 0.1) is 0 Å². The van der Waals surface area contributed by atoms with Crippen molar-refractivity contribution in [1.82, 2.24) is 5.32 Å². The topological polar surface area (TPSA) is 62.4 Å². The Bertz CT molecular complexity index is 712. The maximum atomic E-state index is 12.2. The van der Waals surface area contributed by atoms with Crippen molar-refractivity contribution in [2.24, 2.45) is 0 Å². The van der Waals surface area contributed by atoms with Crippen molar-refractivity contribution in [3.05, 3.63) is 66.7 Å². The zero-order chi connectivity index (χ0) is 17.4. The first-order chi connectivity index (χ1) is 11.6. The Labute approximate surface area is 146 Å². The van der Waals surface area contributed by atoms with E-state index in [4.69, 9.17) is 17.0 Å². The smallest absolute Gasteiger partial charge is 0.255 e. The summed E-state index contributed by atoms with van der Waals surface area (Å²) < 4.78 is 5.09. The molecular formula is C18H19N3O2S. The number of ether oxygens (including phenoxy) is 1. The lowest BCUT2D eigenvalue weighted by Crippen LogP contribution is -2.28. The number of anilines is 2. The number of hydrogen-bond donors (Lipinski definition) is 3. The van der Waals surface area contributed by atoms with Crippen molar-refractivity contribution < 1.29 is 9.53 Å². The molecule has 0 aromatic heterocycles. The van der Waals surface area contributed by atoms with Crippen LogP contribution in [0.3, 0.4) is 0 Å². The minimum absolute atomic E-state index is 0.181. The predicted molar refractivity (Wildman–Crippen MR) is 102 cm³/mol. The number of carbonyl (C=O) groups is 1. The van der Waals surface area contributed by atoms with Crippen LogP contribution in [0.1, 0.15) is 10.4 Å². The fourth-order valence-corrected chi connectivity index (χ4v) is 2.12. The van der Waals surface area contributed by atoms with Crippen molar-refractivity contribution in [2.75, 3.05) is 24.3 Å². The van der Waals surface area contributed by atoms with Gasteiger partial charge in [0.25, 0.3) is 5.91 Å². The summed E-state index contributed by atoms with van der Waals surface area (Å²) in [6.45, 7) is 4.20. The highest BCUT2D eigenvalue weighted by atomic mass is 32.1. The van der Waals surface area contributed by atoms with Gasteiger partial charge in [-0.25, -0.2) is 0 Å². The van der Waals surface area contributed by atoms with Crippen molar-refractivity contribution >= 4 is 34.6 Å². The number of hydrogen-bond acceptors (Lipinski definition) is 3. The molecular weight excluding hydrogens is 322 g/mol. The van der Waals surface area contributed by atoms with Gasteiger partial charge in [0.05, 0.1) is 7.11 Å². The summed E-state index contributed by atoms with van der Waals surface area (Å²) in [6.07, 6.45) is 1.72. The molecule has 0 spiro atoms. The van der Waals surface area contributed by atoms with E-state index in [1.165, 1.54) is 0 Å². The molecule has 5 nitrogen and oxygen atoms in total. The Balaban J connectivity index is 1.95. The second kappa shape index (κ2) is 8.69. The minimum atomic E-state index is -0.181.